The average molecular weight is 371 g/mol. The Kier molecular flexibility index (Phi) is 5.17. The van der Waals surface area contributed by atoms with Crippen LogP contribution in [0.2, 0.25) is 0 Å². The molecule has 5 heteroatoms. The Hall–Kier alpha value is -0.780. The minimum absolute atomic E-state index is 0.0722. The Labute approximate surface area is 137 Å². The molecule has 114 valence electrons. The maximum atomic E-state index is 13.3. The number of benzene rings is 1. The summed E-state index contributed by atoms with van der Waals surface area (Å²) in [6, 6.07) is 5.27. The number of nitrogens with zero attached hydrogens (tertiary/aromatic N) is 1. The summed E-state index contributed by atoms with van der Waals surface area (Å²) in [7, 11) is 1.92. The average Bonchev–Trinajstić information content (AvgIpc) is 2.88. The van der Waals surface area contributed by atoms with Crippen LogP contribution in [-0.4, -0.2) is 12.0 Å². The van der Waals surface area contributed by atoms with E-state index >= 15 is 0 Å². The Morgan fingerprint density at radius 1 is 1.38 bits per heavy atom. The fourth-order valence-corrected chi connectivity index (χ4v) is 3.50. The topological polar surface area (TPSA) is 24.9 Å². The lowest BCUT2D eigenvalue weighted by Gasteiger charge is -2.17. The number of hydrogen-bond donors (Lipinski definition) is 1. The zero-order chi connectivity index (χ0) is 15.6. The SMILES string of the molecule is CNC(Cc1nc(C(C)(C)C)cs1)c1ccc(F)c(Br)c1. The van der Waals surface area contributed by atoms with Crippen molar-refractivity contribution in [1.29, 1.82) is 0 Å². The van der Waals surface area contributed by atoms with Crippen molar-refractivity contribution in [2.75, 3.05) is 7.05 Å². The number of likely N-dealkylation sites (N-methyl/N-ethyl adjacent to an activating group) is 1. The van der Waals surface area contributed by atoms with Gasteiger partial charge in [0.2, 0.25) is 0 Å². The van der Waals surface area contributed by atoms with Crippen LogP contribution in [0.3, 0.4) is 0 Å². The van der Waals surface area contributed by atoms with Crippen LogP contribution in [0.4, 0.5) is 4.39 Å². The van der Waals surface area contributed by atoms with Crippen molar-refractivity contribution in [2.45, 2.75) is 38.6 Å². The van der Waals surface area contributed by atoms with Crippen LogP contribution in [0.5, 0.6) is 0 Å². The minimum atomic E-state index is -0.238. The lowest BCUT2D eigenvalue weighted by atomic mass is 9.93. The zero-order valence-electron chi connectivity index (χ0n) is 12.7. The molecule has 0 aliphatic carbocycles. The third-order valence-electron chi connectivity index (χ3n) is 3.39. The second kappa shape index (κ2) is 6.55. The molecule has 1 heterocycles. The van der Waals surface area contributed by atoms with E-state index in [-0.39, 0.29) is 17.3 Å². The molecular weight excluding hydrogens is 351 g/mol. The summed E-state index contributed by atoms with van der Waals surface area (Å²) >= 11 is 4.93. The van der Waals surface area contributed by atoms with E-state index in [1.165, 1.54) is 6.07 Å². The van der Waals surface area contributed by atoms with Gasteiger partial charge in [-0.05, 0) is 40.7 Å². The Morgan fingerprint density at radius 2 is 2.10 bits per heavy atom. The van der Waals surface area contributed by atoms with Crippen LogP contribution in [0.1, 0.15) is 43.1 Å². The summed E-state index contributed by atoms with van der Waals surface area (Å²) in [5.74, 6) is -0.238. The van der Waals surface area contributed by atoms with Gasteiger partial charge in [0.05, 0.1) is 15.2 Å². The number of rotatable bonds is 4. The quantitative estimate of drug-likeness (QED) is 0.832. The summed E-state index contributed by atoms with van der Waals surface area (Å²) in [6.45, 7) is 6.50. The summed E-state index contributed by atoms with van der Waals surface area (Å²) in [5, 5.41) is 6.51. The first kappa shape index (κ1) is 16.6. The molecule has 21 heavy (non-hydrogen) atoms. The smallest absolute Gasteiger partial charge is 0.137 e. The van der Waals surface area contributed by atoms with Crippen molar-refractivity contribution in [3.05, 3.63) is 50.1 Å². The molecule has 0 saturated carbocycles. The minimum Gasteiger partial charge on any atom is -0.313 e. The predicted octanol–water partition coefficient (Wildman–Crippen LogP) is 4.85. The van der Waals surface area contributed by atoms with Gasteiger partial charge >= 0.3 is 0 Å². The molecule has 0 aliphatic rings. The molecule has 0 radical (unpaired) electrons. The van der Waals surface area contributed by atoms with Gasteiger partial charge in [0, 0.05) is 23.3 Å². The normalized spacial score (nSPS) is 13.4. The Morgan fingerprint density at radius 3 is 2.62 bits per heavy atom. The van der Waals surface area contributed by atoms with E-state index in [1.54, 1.807) is 11.3 Å². The van der Waals surface area contributed by atoms with Gasteiger partial charge in [-0.25, -0.2) is 9.37 Å². The van der Waals surface area contributed by atoms with Crippen LogP contribution in [0.15, 0.2) is 28.1 Å². The van der Waals surface area contributed by atoms with E-state index in [1.807, 2.05) is 19.2 Å². The van der Waals surface area contributed by atoms with Gasteiger partial charge < -0.3 is 5.32 Å². The first-order valence-electron chi connectivity index (χ1n) is 6.88. The second-order valence-electron chi connectivity index (χ2n) is 6.10. The van der Waals surface area contributed by atoms with Gasteiger partial charge in [0.1, 0.15) is 5.82 Å². The van der Waals surface area contributed by atoms with Gasteiger partial charge in [-0.2, -0.15) is 0 Å². The Balaban J connectivity index is 2.19. The first-order chi connectivity index (χ1) is 9.81. The fourth-order valence-electron chi connectivity index (χ4n) is 2.04. The van der Waals surface area contributed by atoms with Crippen molar-refractivity contribution in [2.24, 2.45) is 0 Å². The molecule has 1 N–H and O–H groups in total. The Bertz CT molecular complexity index is 619. The lowest BCUT2D eigenvalue weighted by Crippen LogP contribution is -2.19. The molecule has 0 amide bonds. The molecule has 1 unspecified atom stereocenters. The van der Waals surface area contributed by atoms with E-state index in [0.29, 0.717) is 4.47 Å². The second-order valence-corrected chi connectivity index (χ2v) is 7.89. The summed E-state index contributed by atoms with van der Waals surface area (Å²) in [6.07, 6.45) is 0.801. The molecule has 1 atom stereocenters. The number of halogens is 2. The van der Waals surface area contributed by atoms with E-state index in [2.05, 4.69) is 47.4 Å². The van der Waals surface area contributed by atoms with Crippen LogP contribution in [-0.2, 0) is 11.8 Å². The van der Waals surface area contributed by atoms with Crippen LogP contribution < -0.4 is 5.32 Å². The highest BCUT2D eigenvalue weighted by molar-refractivity contribution is 9.10. The highest BCUT2D eigenvalue weighted by atomic mass is 79.9. The molecule has 0 saturated heterocycles. The van der Waals surface area contributed by atoms with E-state index in [9.17, 15) is 4.39 Å². The highest BCUT2D eigenvalue weighted by Crippen LogP contribution is 2.28. The van der Waals surface area contributed by atoms with E-state index < -0.39 is 0 Å². The van der Waals surface area contributed by atoms with Gasteiger partial charge in [-0.3, -0.25) is 0 Å². The molecule has 2 nitrogen and oxygen atoms in total. The van der Waals surface area contributed by atoms with Gasteiger partial charge in [-0.1, -0.05) is 26.8 Å². The number of nitrogens with one attached hydrogen (secondary N) is 1. The van der Waals surface area contributed by atoms with Crippen LogP contribution in [0, 0.1) is 5.82 Å². The highest BCUT2D eigenvalue weighted by Gasteiger charge is 2.19. The zero-order valence-corrected chi connectivity index (χ0v) is 15.1. The third kappa shape index (κ3) is 4.11. The molecule has 2 aromatic rings. The molecule has 2 rings (SSSR count). The molecular formula is C16H20BrFN2S. The van der Waals surface area contributed by atoms with Crippen molar-refractivity contribution in [3.8, 4) is 0 Å². The predicted molar refractivity (Wildman–Crippen MR) is 90.4 cm³/mol. The third-order valence-corrected chi connectivity index (χ3v) is 4.87. The van der Waals surface area contributed by atoms with Crippen molar-refractivity contribution in [3.63, 3.8) is 0 Å². The summed E-state index contributed by atoms with van der Waals surface area (Å²) in [4.78, 5) is 4.73. The molecule has 0 bridgehead atoms. The van der Waals surface area contributed by atoms with Gasteiger partial charge in [0.15, 0.2) is 0 Å². The molecule has 1 aromatic heterocycles. The number of hydrogen-bond acceptors (Lipinski definition) is 3. The fraction of sp³-hybridized carbons (Fsp3) is 0.438. The maximum Gasteiger partial charge on any atom is 0.137 e. The number of thiazole rings is 1. The molecule has 0 spiro atoms. The standard InChI is InChI=1S/C16H20BrFN2S/c1-16(2,3)14-9-21-15(20-14)8-13(19-4)10-5-6-12(18)11(17)7-10/h5-7,9,13,19H,8H2,1-4H3. The monoisotopic (exact) mass is 370 g/mol. The van der Waals surface area contributed by atoms with Crippen molar-refractivity contribution in [1.82, 2.24) is 10.3 Å². The van der Waals surface area contributed by atoms with E-state index in [4.69, 9.17) is 4.98 Å². The van der Waals surface area contributed by atoms with Crippen LogP contribution >= 0.6 is 27.3 Å². The molecule has 0 fully saturated rings. The summed E-state index contributed by atoms with van der Waals surface area (Å²) in [5.41, 5.74) is 2.25. The van der Waals surface area contributed by atoms with Crippen molar-refractivity contribution >= 4 is 27.3 Å². The molecule has 0 aliphatic heterocycles. The number of aromatic nitrogens is 1. The lowest BCUT2D eigenvalue weighted by molar-refractivity contribution is 0.558. The maximum absolute atomic E-state index is 13.3. The van der Waals surface area contributed by atoms with Gasteiger partial charge in [-0.15, -0.1) is 11.3 Å². The van der Waals surface area contributed by atoms with Crippen molar-refractivity contribution < 1.29 is 4.39 Å². The molecule has 1 aromatic carbocycles. The van der Waals surface area contributed by atoms with E-state index in [0.717, 1.165) is 22.7 Å². The van der Waals surface area contributed by atoms with Gasteiger partial charge in [0.25, 0.3) is 0 Å². The van der Waals surface area contributed by atoms with Crippen LogP contribution in [0.25, 0.3) is 0 Å². The largest absolute Gasteiger partial charge is 0.313 e. The first-order valence-corrected chi connectivity index (χ1v) is 8.55. The summed E-state index contributed by atoms with van der Waals surface area (Å²) < 4.78 is 13.8.